The van der Waals surface area contributed by atoms with Gasteiger partial charge in [-0.1, -0.05) is 80.4 Å². The van der Waals surface area contributed by atoms with Crippen molar-refractivity contribution in [2.24, 2.45) is 5.92 Å². The van der Waals surface area contributed by atoms with Crippen LogP contribution >= 0.6 is 0 Å². The molecule has 0 amide bonds. The van der Waals surface area contributed by atoms with E-state index in [0.717, 1.165) is 23.5 Å². The Morgan fingerprint density at radius 2 is 1.24 bits per heavy atom. The molecule has 0 fully saturated rings. The van der Waals surface area contributed by atoms with Crippen LogP contribution in [-0.4, -0.2) is 5.11 Å². The van der Waals surface area contributed by atoms with Gasteiger partial charge in [-0.3, -0.25) is 0 Å². The molecule has 0 unspecified atom stereocenters. The van der Waals surface area contributed by atoms with Crippen molar-refractivity contribution < 1.29 is 5.11 Å². The molecule has 0 saturated heterocycles. The minimum atomic E-state index is -0.0337. The third-order valence-corrected chi connectivity index (χ3v) is 4.46. The molecule has 0 spiro atoms. The third-order valence-electron chi connectivity index (χ3n) is 4.46. The van der Waals surface area contributed by atoms with Gasteiger partial charge in [-0.05, 0) is 39.9 Å². The van der Waals surface area contributed by atoms with Crippen molar-refractivity contribution in [3.63, 3.8) is 0 Å². The molecule has 1 heteroatoms. The van der Waals surface area contributed by atoms with Crippen LogP contribution < -0.4 is 0 Å². The summed E-state index contributed by atoms with van der Waals surface area (Å²) in [4.78, 5) is 0. The molecule has 0 atom stereocenters. The highest BCUT2D eigenvalue weighted by molar-refractivity contribution is 5.50. The zero-order valence-corrected chi connectivity index (χ0v) is 15.3. The van der Waals surface area contributed by atoms with Gasteiger partial charge in [0, 0.05) is 0 Å². The van der Waals surface area contributed by atoms with Crippen molar-refractivity contribution >= 4 is 0 Å². The summed E-state index contributed by atoms with van der Waals surface area (Å²) in [5.41, 5.74) is 3.46. The molecule has 1 rings (SSSR count). The fourth-order valence-electron chi connectivity index (χ4n) is 2.87. The highest BCUT2D eigenvalue weighted by Crippen LogP contribution is 2.40. The molecule has 0 radical (unpaired) electrons. The Morgan fingerprint density at radius 3 is 1.52 bits per heavy atom. The van der Waals surface area contributed by atoms with Crippen LogP contribution in [0.3, 0.4) is 0 Å². The first-order chi connectivity index (χ1) is 9.50. The van der Waals surface area contributed by atoms with Crippen LogP contribution in [0.5, 0.6) is 5.75 Å². The van der Waals surface area contributed by atoms with E-state index in [-0.39, 0.29) is 10.8 Å². The van der Waals surface area contributed by atoms with Crippen LogP contribution in [0.15, 0.2) is 12.1 Å². The minimum Gasteiger partial charge on any atom is -0.507 e. The lowest BCUT2D eigenvalue weighted by molar-refractivity contribution is 0.421. The van der Waals surface area contributed by atoms with E-state index in [9.17, 15) is 5.11 Å². The van der Waals surface area contributed by atoms with E-state index in [1.165, 1.54) is 18.4 Å². The summed E-state index contributed by atoms with van der Waals surface area (Å²) in [5, 5.41) is 10.7. The van der Waals surface area contributed by atoms with Crippen LogP contribution in [-0.2, 0) is 17.3 Å². The molecule has 0 saturated carbocycles. The molecule has 1 nitrogen and oxygen atoms in total. The standard InChI is InChI=1S/C20H34O/c1-9-14(10-2)11-15-12-16(19(3,4)5)18(21)17(13-15)20(6,7)8/h12-14,21H,9-11H2,1-8H3. The number of hydrogen-bond acceptors (Lipinski definition) is 1. The van der Waals surface area contributed by atoms with Gasteiger partial charge in [0.25, 0.3) is 0 Å². The van der Waals surface area contributed by atoms with E-state index < -0.39 is 0 Å². The second-order valence-corrected chi connectivity index (χ2v) is 8.43. The maximum Gasteiger partial charge on any atom is 0.123 e. The van der Waals surface area contributed by atoms with Gasteiger partial charge in [-0.2, -0.15) is 0 Å². The largest absolute Gasteiger partial charge is 0.507 e. The van der Waals surface area contributed by atoms with Gasteiger partial charge >= 0.3 is 0 Å². The second-order valence-electron chi connectivity index (χ2n) is 8.43. The van der Waals surface area contributed by atoms with Crippen molar-refractivity contribution in [3.05, 3.63) is 28.8 Å². The van der Waals surface area contributed by atoms with E-state index >= 15 is 0 Å². The fraction of sp³-hybridized carbons (Fsp3) is 0.700. The molecule has 1 aromatic carbocycles. The quantitative estimate of drug-likeness (QED) is 0.724. The molecule has 120 valence electrons. The Kier molecular flexibility index (Phi) is 5.52. The molecule has 0 aromatic heterocycles. The van der Waals surface area contributed by atoms with Crippen molar-refractivity contribution in [2.75, 3.05) is 0 Å². The lowest BCUT2D eigenvalue weighted by atomic mass is 9.77. The number of rotatable bonds is 4. The van der Waals surface area contributed by atoms with Gasteiger partial charge in [0.2, 0.25) is 0 Å². The van der Waals surface area contributed by atoms with Crippen LogP contribution in [0.1, 0.15) is 84.9 Å². The Morgan fingerprint density at radius 1 is 0.857 bits per heavy atom. The molecular formula is C20H34O. The summed E-state index contributed by atoms with van der Waals surface area (Å²) in [6.07, 6.45) is 3.54. The summed E-state index contributed by atoms with van der Waals surface area (Å²) in [5.74, 6) is 1.22. The zero-order valence-electron chi connectivity index (χ0n) is 15.3. The second kappa shape index (κ2) is 6.42. The Hall–Kier alpha value is -0.980. The normalized spacial score (nSPS) is 13.0. The number of benzene rings is 1. The first-order valence-electron chi connectivity index (χ1n) is 8.37. The molecule has 0 bridgehead atoms. The van der Waals surface area contributed by atoms with Gasteiger partial charge in [0.05, 0.1) is 0 Å². The molecule has 21 heavy (non-hydrogen) atoms. The highest BCUT2D eigenvalue weighted by atomic mass is 16.3. The molecule has 1 N–H and O–H groups in total. The Labute approximate surface area is 131 Å². The molecule has 0 aliphatic rings. The van der Waals surface area contributed by atoms with Gasteiger partial charge in [0.1, 0.15) is 5.75 Å². The predicted octanol–water partition coefficient (Wildman–Crippen LogP) is 5.97. The molecule has 0 aliphatic heterocycles. The van der Waals surface area contributed by atoms with Crippen molar-refractivity contribution in [3.8, 4) is 5.75 Å². The number of phenolic OH excluding ortho intramolecular Hbond substituents is 1. The van der Waals surface area contributed by atoms with Crippen LogP contribution in [0.4, 0.5) is 0 Å². The van der Waals surface area contributed by atoms with E-state index in [0.29, 0.717) is 5.75 Å². The van der Waals surface area contributed by atoms with E-state index in [4.69, 9.17) is 0 Å². The summed E-state index contributed by atoms with van der Waals surface area (Å²) < 4.78 is 0. The smallest absolute Gasteiger partial charge is 0.123 e. The number of hydrogen-bond donors (Lipinski definition) is 1. The summed E-state index contributed by atoms with van der Waals surface area (Å²) in [7, 11) is 0. The van der Waals surface area contributed by atoms with E-state index in [2.05, 4.69) is 67.5 Å². The van der Waals surface area contributed by atoms with Gasteiger partial charge in [-0.15, -0.1) is 0 Å². The van der Waals surface area contributed by atoms with Crippen molar-refractivity contribution in [1.82, 2.24) is 0 Å². The van der Waals surface area contributed by atoms with Crippen molar-refractivity contribution in [1.29, 1.82) is 0 Å². The molecular weight excluding hydrogens is 256 g/mol. The predicted molar refractivity (Wildman–Crippen MR) is 93.3 cm³/mol. The van der Waals surface area contributed by atoms with Gasteiger partial charge in [0.15, 0.2) is 0 Å². The highest BCUT2D eigenvalue weighted by Gasteiger charge is 2.26. The maximum absolute atomic E-state index is 10.7. The molecule has 0 aliphatic carbocycles. The summed E-state index contributed by atoms with van der Waals surface area (Å²) >= 11 is 0. The number of phenols is 1. The van der Waals surface area contributed by atoms with E-state index in [1.54, 1.807) is 0 Å². The van der Waals surface area contributed by atoms with Gasteiger partial charge in [-0.25, -0.2) is 0 Å². The van der Waals surface area contributed by atoms with Gasteiger partial charge < -0.3 is 5.11 Å². The minimum absolute atomic E-state index is 0.0337. The van der Waals surface area contributed by atoms with Crippen molar-refractivity contribution in [2.45, 2.75) is 85.5 Å². The van der Waals surface area contributed by atoms with E-state index in [1.807, 2.05) is 0 Å². The zero-order chi connectivity index (χ0) is 16.4. The lowest BCUT2D eigenvalue weighted by Gasteiger charge is -2.29. The van der Waals surface area contributed by atoms with Crippen LogP contribution in [0, 0.1) is 5.92 Å². The molecule has 1 aromatic rings. The average Bonchev–Trinajstić information content (AvgIpc) is 2.34. The molecule has 0 heterocycles. The first kappa shape index (κ1) is 18.1. The summed E-state index contributed by atoms with van der Waals surface area (Å²) in [6.45, 7) is 17.6. The Balaban J connectivity index is 3.40. The number of aromatic hydroxyl groups is 1. The average molecular weight is 290 g/mol. The third kappa shape index (κ3) is 4.49. The summed E-state index contributed by atoms with van der Waals surface area (Å²) in [6, 6.07) is 4.45. The maximum atomic E-state index is 10.7. The van der Waals surface area contributed by atoms with Crippen LogP contribution in [0.25, 0.3) is 0 Å². The topological polar surface area (TPSA) is 20.2 Å². The monoisotopic (exact) mass is 290 g/mol. The van der Waals surface area contributed by atoms with Crippen LogP contribution in [0.2, 0.25) is 0 Å². The lowest BCUT2D eigenvalue weighted by Crippen LogP contribution is -2.18. The fourth-order valence-corrected chi connectivity index (χ4v) is 2.87. The SMILES string of the molecule is CCC(CC)Cc1cc(C(C)(C)C)c(O)c(C(C)(C)C)c1. The Bertz CT molecular complexity index is 433. The first-order valence-corrected chi connectivity index (χ1v) is 8.37.